The van der Waals surface area contributed by atoms with E-state index in [1.807, 2.05) is 26.0 Å². The van der Waals surface area contributed by atoms with Crippen molar-refractivity contribution in [3.05, 3.63) is 69.1 Å². The maximum Gasteiger partial charge on any atom is 0.271 e. The third-order valence-corrected chi connectivity index (χ3v) is 4.73. The summed E-state index contributed by atoms with van der Waals surface area (Å²) in [5, 5.41) is 5.29. The van der Waals surface area contributed by atoms with Gasteiger partial charge in [0.2, 0.25) is 0 Å². The van der Waals surface area contributed by atoms with E-state index in [1.54, 1.807) is 17.7 Å². The van der Waals surface area contributed by atoms with Crippen LogP contribution < -0.4 is 10.1 Å². The summed E-state index contributed by atoms with van der Waals surface area (Å²) in [5.41, 5.74) is 3.88. The summed E-state index contributed by atoms with van der Waals surface area (Å²) in [7, 11) is 0. The van der Waals surface area contributed by atoms with Gasteiger partial charge in [0.15, 0.2) is 0 Å². The number of nitrogens with zero attached hydrogens (tertiary/aromatic N) is 1. The number of carbonyl (C=O) groups excluding carboxylic acids is 1. The first-order chi connectivity index (χ1) is 12.0. The van der Waals surface area contributed by atoms with E-state index in [9.17, 15) is 4.79 Å². The number of hydrogen-bond donors (Lipinski definition) is 1. The van der Waals surface area contributed by atoms with Gasteiger partial charge in [-0.05, 0) is 55.7 Å². The Kier molecular flexibility index (Phi) is 5.19. The minimum atomic E-state index is -0.221. The number of benzene rings is 1. The molecule has 0 aliphatic heterocycles. The molecule has 0 saturated heterocycles. The third-order valence-electron chi connectivity index (χ3n) is 3.90. The van der Waals surface area contributed by atoms with Gasteiger partial charge >= 0.3 is 0 Å². The van der Waals surface area contributed by atoms with Gasteiger partial charge in [-0.3, -0.25) is 4.79 Å². The van der Waals surface area contributed by atoms with Crippen molar-refractivity contribution in [1.29, 1.82) is 0 Å². The lowest BCUT2D eigenvalue weighted by atomic mass is 10.1. The van der Waals surface area contributed by atoms with Gasteiger partial charge in [-0.25, -0.2) is 4.98 Å². The molecule has 2 aromatic heterocycles. The predicted octanol–water partition coefficient (Wildman–Crippen LogP) is 4.17. The molecule has 3 aromatic rings. The molecule has 6 heteroatoms. The summed E-state index contributed by atoms with van der Waals surface area (Å²) in [5.74, 6) is 1.34. The first-order valence-electron chi connectivity index (χ1n) is 7.98. The molecule has 2 heterocycles. The molecule has 0 atom stereocenters. The molecule has 0 bridgehead atoms. The van der Waals surface area contributed by atoms with Gasteiger partial charge in [-0.2, -0.15) is 0 Å². The second kappa shape index (κ2) is 7.53. The molecule has 1 N–H and O–H groups in total. The summed E-state index contributed by atoms with van der Waals surface area (Å²) in [6, 6.07) is 7.75. The number of rotatable bonds is 6. The normalized spacial score (nSPS) is 10.7. The summed E-state index contributed by atoms with van der Waals surface area (Å²) < 4.78 is 11.1. The molecular formula is C19H20N2O3S. The van der Waals surface area contributed by atoms with E-state index in [0.29, 0.717) is 24.6 Å². The minimum Gasteiger partial charge on any atom is -0.486 e. The molecule has 0 saturated carbocycles. The van der Waals surface area contributed by atoms with Gasteiger partial charge in [0.05, 0.1) is 12.8 Å². The summed E-state index contributed by atoms with van der Waals surface area (Å²) >= 11 is 1.41. The molecule has 5 nitrogen and oxygen atoms in total. The van der Waals surface area contributed by atoms with Gasteiger partial charge < -0.3 is 14.5 Å². The van der Waals surface area contributed by atoms with Crippen molar-refractivity contribution in [2.75, 3.05) is 0 Å². The van der Waals surface area contributed by atoms with Crippen LogP contribution in [0.4, 0.5) is 0 Å². The molecule has 1 aromatic carbocycles. The quantitative estimate of drug-likeness (QED) is 0.720. The third kappa shape index (κ3) is 4.28. The van der Waals surface area contributed by atoms with Crippen LogP contribution >= 0.6 is 11.3 Å². The van der Waals surface area contributed by atoms with Crippen molar-refractivity contribution in [3.8, 4) is 5.75 Å². The molecule has 0 radical (unpaired) electrons. The van der Waals surface area contributed by atoms with Gasteiger partial charge in [-0.1, -0.05) is 6.07 Å². The van der Waals surface area contributed by atoms with Crippen molar-refractivity contribution < 1.29 is 13.9 Å². The first-order valence-corrected chi connectivity index (χ1v) is 8.86. The second-order valence-electron chi connectivity index (χ2n) is 5.88. The van der Waals surface area contributed by atoms with Crippen LogP contribution in [-0.4, -0.2) is 10.9 Å². The van der Waals surface area contributed by atoms with Crippen LogP contribution in [0.25, 0.3) is 0 Å². The Morgan fingerprint density at radius 3 is 2.92 bits per heavy atom. The highest BCUT2D eigenvalue weighted by molar-refractivity contribution is 7.09. The van der Waals surface area contributed by atoms with E-state index in [-0.39, 0.29) is 5.91 Å². The number of nitrogens with one attached hydrogen (secondary N) is 1. The van der Waals surface area contributed by atoms with Crippen molar-refractivity contribution in [1.82, 2.24) is 10.3 Å². The number of thiazole rings is 1. The minimum absolute atomic E-state index is 0.221. The van der Waals surface area contributed by atoms with Gasteiger partial charge in [-0.15, -0.1) is 11.3 Å². The smallest absolute Gasteiger partial charge is 0.271 e. The topological polar surface area (TPSA) is 64.4 Å². The highest BCUT2D eigenvalue weighted by atomic mass is 32.1. The second-order valence-corrected chi connectivity index (χ2v) is 6.82. The Balaban J connectivity index is 1.59. The highest BCUT2D eigenvalue weighted by Crippen LogP contribution is 2.24. The van der Waals surface area contributed by atoms with E-state index < -0.39 is 0 Å². The molecule has 3 rings (SSSR count). The van der Waals surface area contributed by atoms with Crippen molar-refractivity contribution >= 4 is 17.2 Å². The number of aromatic nitrogens is 1. The Bertz CT molecular complexity index is 869. The Hall–Kier alpha value is -2.60. The summed E-state index contributed by atoms with van der Waals surface area (Å²) in [6.45, 7) is 6.85. The molecule has 130 valence electrons. The van der Waals surface area contributed by atoms with Crippen LogP contribution in [0, 0.1) is 20.8 Å². The predicted molar refractivity (Wildman–Crippen MR) is 97.0 cm³/mol. The van der Waals surface area contributed by atoms with E-state index in [1.165, 1.54) is 16.9 Å². The first kappa shape index (κ1) is 17.2. The largest absolute Gasteiger partial charge is 0.486 e. The van der Waals surface area contributed by atoms with Crippen LogP contribution in [0.15, 0.2) is 40.3 Å². The number of hydrogen-bond acceptors (Lipinski definition) is 5. The van der Waals surface area contributed by atoms with E-state index in [0.717, 1.165) is 21.9 Å². The molecule has 25 heavy (non-hydrogen) atoms. The van der Waals surface area contributed by atoms with Gasteiger partial charge in [0.1, 0.15) is 28.8 Å². The molecule has 1 amide bonds. The van der Waals surface area contributed by atoms with Crippen molar-refractivity contribution in [2.24, 2.45) is 0 Å². The average molecular weight is 356 g/mol. The molecule has 0 fully saturated rings. The molecule has 0 unspecified atom stereocenters. The summed E-state index contributed by atoms with van der Waals surface area (Å²) in [4.78, 5) is 16.5. The Morgan fingerprint density at radius 2 is 2.16 bits per heavy atom. The number of amides is 1. The fourth-order valence-electron chi connectivity index (χ4n) is 2.44. The average Bonchev–Trinajstić information content (AvgIpc) is 3.26. The van der Waals surface area contributed by atoms with Crippen LogP contribution in [-0.2, 0) is 13.2 Å². The lowest BCUT2D eigenvalue weighted by Gasteiger charge is -2.11. The van der Waals surface area contributed by atoms with Gasteiger partial charge in [0, 0.05) is 5.38 Å². The fourth-order valence-corrected chi connectivity index (χ4v) is 3.13. The number of carbonyl (C=O) groups is 1. The van der Waals surface area contributed by atoms with Gasteiger partial charge in [0.25, 0.3) is 5.91 Å². The van der Waals surface area contributed by atoms with Crippen LogP contribution in [0.3, 0.4) is 0 Å². The molecule has 0 aliphatic rings. The van der Waals surface area contributed by atoms with Crippen molar-refractivity contribution in [3.63, 3.8) is 0 Å². The Labute approximate surface area is 150 Å². The highest BCUT2D eigenvalue weighted by Gasteiger charge is 2.12. The lowest BCUT2D eigenvalue weighted by molar-refractivity contribution is 0.0943. The zero-order chi connectivity index (χ0) is 17.8. The number of ether oxygens (including phenoxy) is 1. The molecule has 0 aliphatic carbocycles. The molecule has 0 spiro atoms. The lowest BCUT2D eigenvalue weighted by Crippen LogP contribution is -2.22. The van der Waals surface area contributed by atoms with E-state index >= 15 is 0 Å². The van der Waals surface area contributed by atoms with Crippen LogP contribution in [0.5, 0.6) is 5.75 Å². The van der Waals surface area contributed by atoms with Crippen molar-refractivity contribution in [2.45, 2.75) is 33.9 Å². The van der Waals surface area contributed by atoms with Crippen LogP contribution in [0.1, 0.15) is 37.9 Å². The fraction of sp³-hybridized carbons (Fsp3) is 0.263. The number of furan rings is 1. The van der Waals surface area contributed by atoms with Crippen LogP contribution in [0.2, 0.25) is 0 Å². The SMILES string of the molecule is Cc1cc(C)c(C)c(OCc2nc(C(=O)NCc3ccco3)cs2)c1. The Morgan fingerprint density at radius 1 is 1.32 bits per heavy atom. The summed E-state index contributed by atoms with van der Waals surface area (Å²) in [6.07, 6.45) is 1.58. The molecular weight excluding hydrogens is 336 g/mol. The standard InChI is InChI=1S/C19H20N2O3S/c1-12-7-13(2)14(3)17(8-12)24-10-18-21-16(11-25-18)19(22)20-9-15-5-4-6-23-15/h4-8,11H,9-10H2,1-3H3,(H,20,22). The maximum atomic E-state index is 12.1. The zero-order valence-corrected chi connectivity index (χ0v) is 15.3. The van der Waals surface area contributed by atoms with E-state index in [2.05, 4.69) is 23.3 Å². The monoisotopic (exact) mass is 356 g/mol. The van der Waals surface area contributed by atoms with E-state index in [4.69, 9.17) is 9.15 Å². The zero-order valence-electron chi connectivity index (χ0n) is 14.5. The number of aryl methyl sites for hydroxylation is 2. The maximum absolute atomic E-state index is 12.1.